The van der Waals surface area contributed by atoms with Crippen LogP contribution < -0.4 is 5.32 Å². The molecule has 0 aromatic carbocycles. The van der Waals surface area contributed by atoms with Gasteiger partial charge in [0, 0.05) is 6.61 Å². The molecule has 0 aromatic rings. The minimum Gasteiger partial charge on any atom is -0.389 e. The summed E-state index contributed by atoms with van der Waals surface area (Å²) in [6, 6.07) is 0.0509. The van der Waals surface area contributed by atoms with Gasteiger partial charge in [0.25, 0.3) is 0 Å². The van der Waals surface area contributed by atoms with Gasteiger partial charge in [-0.1, -0.05) is 12.8 Å². The highest BCUT2D eigenvalue weighted by molar-refractivity contribution is 5.77. The number of aliphatic hydroxyl groups is 1. The first kappa shape index (κ1) is 12.8. The van der Waals surface area contributed by atoms with Crippen LogP contribution in [0.3, 0.4) is 0 Å². The Balaban J connectivity index is 1.76. The Morgan fingerprint density at radius 2 is 2.18 bits per heavy atom. The fourth-order valence-electron chi connectivity index (χ4n) is 2.90. The standard InChI is InChI=1S/C13H23NO3/c1-10(11-5-4-8-17-11)14-12(15)9-13(16)6-2-3-7-13/h10-11,16H,2-9H2,1H3,(H,14,15). The van der Waals surface area contributed by atoms with Crippen molar-refractivity contribution in [3.8, 4) is 0 Å². The Morgan fingerprint density at radius 3 is 2.76 bits per heavy atom. The first-order valence-corrected chi connectivity index (χ1v) is 6.72. The third-order valence-electron chi connectivity index (χ3n) is 3.94. The zero-order chi connectivity index (χ0) is 12.3. The number of amides is 1. The SMILES string of the molecule is CC(NC(=O)CC1(O)CCCC1)C1CCCO1. The van der Waals surface area contributed by atoms with Crippen LogP contribution in [-0.2, 0) is 9.53 Å². The van der Waals surface area contributed by atoms with E-state index < -0.39 is 5.60 Å². The molecule has 1 aliphatic heterocycles. The lowest BCUT2D eigenvalue weighted by Gasteiger charge is -2.24. The van der Waals surface area contributed by atoms with E-state index in [4.69, 9.17) is 4.74 Å². The second-order valence-electron chi connectivity index (χ2n) is 5.52. The summed E-state index contributed by atoms with van der Waals surface area (Å²) in [5, 5.41) is 13.1. The van der Waals surface area contributed by atoms with Crippen molar-refractivity contribution in [3.63, 3.8) is 0 Å². The van der Waals surface area contributed by atoms with Crippen LogP contribution in [0.15, 0.2) is 0 Å². The van der Waals surface area contributed by atoms with Gasteiger partial charge in [-0.2, -0.15) is 0 Å². The molecule has 2 fully saturated rings. The Morgan fingerprint density at radius 1 is 1.47 bits per heavy atom. The molecule has 17 heavy (non-hydrogen) atoms. The maximum atomic E-state index is 11.8. The number of hydrogen-bond acceptors (Lipinski definition) is 3. The van der Waals surface area contributed by atoms with Crippen LogP contribution in [0.25, 0.3) is 0 Å². The van der Waals surface area contributed by atoms with Gasteiger partial charge in [-0.3, -0.25) is 4.79 Å². The summed E-state index contributed by atoms with van der Waals surface area (Å²) in [6.07, 6.45) is 6.07. The number of hydrogen-bond donors (Lipinski definition) is 2. The van der Waals surface area contributed by atoms with Crippen LogP contribution in [0.5, 0.6) is 0 Å². The molecule has 2 N–H and O–H groups in total. The van der Waals surface area contributed by atoms with E-state index in [0.29, 0.717) is 0 Å². The average molecular weight is 241 g/mol. The molecule has 1 aliphatic carbocycles. The first-order valence-electron chi connectivity index (χ1n) is 6.72. The summed E-state index contributed by atoms with van der Waals surface area (Å²) in [6.45, 7) is 2.78. The van der Waals surface area contributed by atoms with E-state index in [2.05, 4.69) is 5.32 Å². The van der Waals surface area contributed by atoms with Crippen molar-refractivity contribution in [2.45, 2.75) is 69.6 Å². The van der Waals surface area contributed by atoms with Gasteiger partial charge >= 0.3 is 0 Å². The lowest BCUT2D eigenvalue weighted by atomic mass is 9.97. The van der Waals surface area contributed by atoms with Crippen LogP contribution >= 0.6 is 0 Å². The molecule has 1 amide bonds. The van der Waals surface area contributed by atoms with Gasteiger partial charge in [0.2, 0.25) is 5.91 Å². The summed E-state index contributed by atoms with van der Waals surface area (Å²) < 4.78 is 5.53. The van der Waals surface area contributed by atoms with Gasteiger partial charge in [0.05, 0.1) is 24.2 Å². The third kappa shape index (κ3) is 3.42. The molecule has 1 saturated heterocycles. The topological polar surface area (TPSA) is 58.6 Å². The Labute approximate surface area is 103 Å². The third-order valence-corrected chi connectivity index (χ3v) is 3.94. The molecule has 1 heterocycles. The second-order valence-corrected chi connectivity index (χ2v) is 5.52. The average Bonchev–Trinajstić information content (AvgIpc) is 2.88. The maximum absolute atomic E-state index is 11.8. The predicted octanol–water partition coefficient (Wildman–Crippen LogP) is 1.37. The normalized spacial score (nSPS) is 29.2. The largest absolute Gasteiger partial charge is 0.389 e. The molecule has 1 saturated carbocycles. The summed E-state index contributed by atoms with van der Waals surface area (Å²) in [4.78, 5) is 11.8. The highest BCUT2D eigenvalue weighted by Crippen LogP contribution is 2.32. The van der Waals surface area contributed by atoms with E-state index in [1.54, 1.807) is 0 Å². The number of carbonyl (C=O) groups is 1. The van der Waals surface area contributed by atoms with Crippen LogP contribution in [0.1, 0.15) is 51.9 Å². The fourth-order valence-corrected chi connectivity index (χ4v) is 2.90. The monoisotopic (exact) mass is 241 g/mol. The molecule has 4 heteroatoms. The number of carbonyl (C=O) groups excluding carboxylic acids is 1. The molecule has 0 aromatic heterocycles. The van der Waals surface area contributed by atoms with Gasteiger partial charge < -0.3 is 15.2 Å². The van der Waals surface area contributed by atoms with E-state index in [-0.39, 0.29) is 24.5 Å². The number of rotatable bonds is 4. The predicted molar refractivity (Wildman–Crippen MR) is 64.6 cm³/mol. The number of nitrogens with one attached hydrogen (secondary N) is 1. The van der Waals surface area contributed by atoms with E-state index in [0.717, 1.165) is 45.1 Å². The highest BCUT2D eigenvalue weighted by atomic mass is 16.5. The lowest BCUT2D eigenvalue weighted by Crippen LogP contribution is -2.43. The van der Waals surface area contributed by atoms with Gasteiger partial charge in [-0.05, 0) is 32.6 Å². The zero-order valence-electron chi connectivity index (χ0n) is 10.6. The smallest absolute Gasteiger partial charge is 0.223 e. The Kier molecular flexibility index (Phi) is 4.05. The molecule has 98 valence electrons. The van der Waals surface area contributed by atoms with Gasteiger partial charge in [0.1, 0.15) is 0 Å². The van der Waals surface area contributed by atoms with Crippen molar-refractivity contribution in [2.24, 2.45) is 0 Å². The molecule has 2 aliphatic rings. The van der Waals surface area contributed by atoms with E-state index >= 15 is 0 Å². The highest BCUT2D eigenvalue weighted by Gasteiger charge is 2.34. The van der Waals surface area contributed by atoms with E-state index in [1.807, 2.05) is 6.92 Å². The van der Waals surface area contributed by atoms with Gasteiger partial charge in [-0.15, -0.1) is 0 Å². The summed E-state index contributed by atoms with van der Waals surface area (Å²) >= 11 is 0. The molecule has 0 spiro atoms. The zero-order valence-corrected chi connectivity index (χ0v) is 10.6. The summed E-state index contributed by atoms with van der Waals surface area (Å²) in [5.74, 6) is -0.0441. The molecule has 2 rings (SSSR count). The lowest BCUT2D eigenvalue weighted by molar-refractivity contribution is -0.127. The first-order chi connectivity index (χ1) is 8.09. The van der Waals surface area contributed by atoms with Gasteiger partial charge in [0.15, 0.2) is 0 Å². The molecular weight excluding hydrogens is 218 g/mol. The van der Waals surface area contributed by atoms with Crippen LogP contribution in [-0.4, -0.2) is 35.4 Å². The van der Waals surface area contributed by atoms with Crippen molar-refractivity contribution in [3.05, 3.63) is 0 Å². The minimum absolute atomic E-state index is 0.0441. The van der Waals surface area contributed by atoms with E-state index in [1.165, 1.54) is 0 Å². The van der Waals surface area contributed by atoms with Crippen LogP contribution in [0.2, 0.25) is 0 Å². The minimum atomic E-state index is -0.750. The number of ether oxygens (including phenoxy) is 1. The van der Waals surface area contributed by atoms with Crippen molar-refractivity contribution in [2.75, 3.05) is 6.61 Å². The molecule has 0 radical (unpaired) electrons. The molecule has 2 unspecified atom stereocenters. The van der Waals surface area contributed by atoms with Crippen molar-refractivity contribution >= 4 is 5.91 Å². The Bertz CT molecular complexity index is 268. The van der Waals surface area contributed by atoms with Crippen molar-refractivity contribution in [1.82, 2.24) is 5.32 Å². The Hall–Kier alpha value is -0.610. The molecule has 0 bridgehead atoms. The quantitative estimate of drug-likeness (QED) is 0.781. The van der Waals surface area contributed by atoms with Crippen molar-refractivity contribution in [1.29, 1.82) is 0 Å². The second kappa shape index (κ2) is 5.36. The van der Waals surface area contributed by atoms with Crippen LogP contribution in [0, 0.1) is 0 Å². The van der Waals surface area contributed by atoms with Crippen molar-refractivity contribution < 1.29 is 14.6 Å². The molecule has 4 nitrogen and oxygen atoms in total. The summed E-state index contributed by atoms with van der Waals surface area (Å²) in [7, 11) is 0. The maximum Gasteiger partial charge on any atom is 0.223 e. The van der Waals surface area contributed by atoms with E-state index in [9.17, 15) is 9.90 Å². The fraction of sp³-hybridized carbons (Fsp3) is 0.923. The molecule has 2 atom stereocenters. The van der Waals surface area contributed by atoms with Crippen LogP contribution in [0.4, 0.5) is 0 Å². The molecular formula is C13H23NO3. The van der Waals surface area contributed by atoms with Gasteiger partial charge in [-0.25, -0.2) is 0 Å². The summed E-state index contributed by atoms with van der Waals surface area (Å²) in [5.41, 5.74) is -0.750.